The Labute approximate surface area is 335 Å². The van der Waals surface area contributed by atoms with E-state index < -0.39 is 95.2 Å². The standard InChI is InChI=1S/C41H64O15S/c1-20-10-15-41(36(48)55-34-32(47)31(46)30(45)24(18-42)53-34)17-16-39(6)22(28(41)21(20)2)8-9-26-38(5)13-12-27(37(3,4)25(38)11-14-40(26,39)7)54-35-33(56-57(49,50)51)29(44)23(43)19-52-35/h8,20,23-35,42-47H,2,9-19H2,1,3-7H3,(H,49,50,51)/t20-,23-,24-,25+,26-,27+,28+,29+,30-,31+,32-,33-,34+,35-,38+,39-,40-,41+/m1/s1. The number of aliphatic hydroxyl groups excluding tert-OH is 6. The minimum atomic E-state index is -5.00. The van der Waals surface area contributed by atoms with Gasteiger partial charge in [0.1, 0.15) is 36.6 Å². The number of hydrogen-bond acceptors (Lipinski definition) is 14. The van der Waals surface area contributed by atoms with E-state index >= 15 is 0 Å². The zero-order valence-corrected chi connectivity index (χ0v) is 34.8. The molecule has 5 aliphatic carbocycles. The van der Waals surface area contributed by atoms with Crippen molar-refractivity contribution in [1.82, 2.24) is 0 Å². The van der Waals surface area contributed by atoms with Crippen LogP contribution in [0.2, 0.25) is 0 Å². The highest BCUT2D eigenvalue weighted by Gasteiger charge is 2.70. The summed E-state index contributed by atoms with van der Waals surface area (Å²) in [5, 5.41) is 62.1. The number of carbonyl (C=O) groups excluding carboxylic acids is 1. The summed E-state index contributed by atoms with van der Waals surface area (Å²) in [6.45, 7) is 17.3. The second kappa shape index (κ2) is 14.8. The first-order valence-electron chi connectivity index (χ1n) is 20.7. The molecule has 0 spiro atoms. The zero-order valence-electron chi connectivity index (χ0n) is 34.0. The summed E-state index contributed by atoms with van der Waals surface area (Å²) in [6.07, 6.45) is -5.35. The molecule has 16 heteroatoms. The monoisotopic (exact) mass is 828 g/mol. The number of esters is 1. The van der Waals surface area contributed by atoms with Gasteiger partial charge < -0.3 is 49.6 Å². The van der Waals surface area contributed by atoms with Crippen molar-refractivity contribution < 1.29 is 71.5 Å². The van der Waals surface area contributed by atoms with Crippen LogP contribution >= 0.6 is 0 Å². The number of aliphatic hydroxyl groups is 6. The predicted molar refractivity (Wildman–Crippen MR) is 202 cm³/mol. The van der Waals surface area contributed by atoms with Crippen molar-refractivity contribution in [2.45, 2.75) is 161 Å². The lowest BCUT2D eigenvalue weighted by Crippen LogP contribution is -2.66. The number of carbonyl (C=O) groups is 1. The van der Waals surface area contributed by atoms with Gasteiger partial charge in [-0.2, -0.15) is 8.42 Å². The summed E-state index contributed by atoms with van der Waals surface area (Å²) < 4.78 is 61.3. The summed E-state index contributed by atoms with van der Waals surface area (Å²) >= 11 is 0. The molecule has 0 bridgehead atoms. The van der Waals surface area contributed by atoms with Crippen LogP contribution in [0.15, 0.2) is 23.8 Å². The SMILES string of the molecule is C=C1[C@H]2C3=CC[C@@H]4[C@@]5(C)CC[C@H](O[C@H]6OC[C@@H](O)[C@H](O)[C@H]6OS(=O)(=O)O)C(C)(C)[C@@H]5CC[C@@]4(C)[C@]3(C)CC[C@@]2(C(=O)O[C@@H]2O[C@H](CO)[C@@H](O)[C@H](O)[C@H]2O)CC[C@H]1C. The molecule has 2 saturated heterocycles. The Morgan fingerprint density at radius 2 is 1.60 bits per heavy atom. The lowest BCUT2D eigenvalue weighted by Gasteiger charge is -2.71. The number of allylic oxidation sites excluding steroid dienone is 3. The number of rotatable bonds is 7. The van der Waals surface area contributed by atoms with Gasteiger partial charge in [-0.1, -0.05) is 65.3 Å². The van der Waals surface area contributed by atoms with Gasteiger partial charge in [-0.05, 0) is 97.2 Å². The summed E-state index contributed by atoms with van der Waals surface area (Å²) in [6, 6.07) is 0. The molecule has 7 rings (SSSR count). The van der Waals surface area contributed by atoms with Gasteiger partial charge in [0.2, 0.25) is 6.29 Å². The number of fused-ring (bicyclic) bond motifs is 7. The van der Waals surface area contributed by atoms with Crippen molar-refractivity contribution in [1.29, 1.82) is 0 Å². The average Bonchev–Trinajstić information content (AvgIpc) is 3.13. The van der Waals surface area contributed by atoms with Crippen molar-refractivity contribution >= 4 is 16.4 Å². The number of hydrogen-bond donors (Lipinski definition) is 7. The first-order valence-corrected chi connectivity index (χ1v) is 22.0. The first kappa shape index (κ1) is 43.5. The molecule has 0 unspecified atom stereocenters. The molecule has 0 aromatic carbocycles. The molecular weight excluding hydrogens is 765 g/mol. The van der Waals surface area contributed by atoms with E-state index in [4.69, 9.17) is 23.1 Å². The lowest BCUT2D eigenvalue weighted by atomic mass is 9.33. The Kier molecular flexibility index (Phi) is 11.3. The third kappa shape index (κ3) is 6.71. The van der Waals surface area contributed by atoms with E-state index in [0.29, 0.717) is 25.7 Å². The Bertz CT molecular complexity index is 1720. The van der Waals surface area contributed by atoms with Crippen LogP contribution in [0.5, 0.6) is 0 Å². The van der Waals surface area contributed by atoms with Crippen molar-refractivity contribution in [3.8, 4) is 0 Å². The predicted octanol–water partition coefficient (Wildman–Crippen LogP) is 2.56. The van der Waals surface area contributed by atoms with Crippen LogP contribution < -0.4 is 0 Å². The van der Waals surface area contributed by atoms with Gasteiger partial charge >= 0.3 is 16.4 Å². The summed E-state index contributed by atoms with van der Waals surface area (Å²) in [7, 11) is -5.00. The van der Waals surface area contributed by atoms with E-state index in [-0.39, 0.29) is 46.5 Å². The van der Waals surface area contributed by atoms with Crippen molar-refractivity contribution in [2.75, 3.05) is 13.2 Å². The summed E-state index contributed by atoms with van der Waals surface area (Å²) in [5.41, 5.74) is 0.166. The Morgan fingerprint density at radius 1 is 0.895 bits per heavy atom. The van der Waals surface area contributed by atoms with E-state index in [1.54, 1.807) is 0 Å². The van der Waals surface area contributed by atoms with Crippen molar-refractivity contribution in [3.05, 3.63) is 23.8 Å². The topological polar surface area (TPSA) is 239 Å². The molecule has 324 valence electrons. The molecule has 57 heavy (non-hydrogen) atoms. The normalized spacial score (nSPS) is 51.0. The Hall–Kier alpha value is -1.54. The maximum absolute atomic E-state index is 14.6. The minimum absolute atomic E-state index is 0.137. The third-order valence-corrected chi connectivity index (χ3v) is 17.3. The third-order valence-electron chi connectivity index (χ3n) is 16.9. The highest BCUT2D eigenvalue weighted by molar-refractivity contribution is 7.80. The van der Waals surface area contributed by atoms with E-state index in [1.807, 2.05) is 0 Å². The smallest absolute Gasteiger partial charge is 0.397 e. The van der Waals surface area contributed by atoms with Gasteiger partial charge in [-0.15, -0.1) is 0 Å². The van der Waals surface area contributed by atoms with Gasteiger partial charge in [-0.3, -0.25) is 9.35 Å². The largest absolute Gasteiger partial charge is 0.432 e. The van der Waals surface area contributed by atoms with Gasteiger partial charge in [0.05, 0.1) is 24.7 Å². The Balaban J connectivity index is 1.16. The second-order valence-electron chi connectivity index (χ2n) is 19.7. The molecule has 18 atom stereocenters. The Morgan fingerprint density at radius 3 is 2.26 bits per heavy atom. The van der Waals surface area contributed by atoms with Gasteiger partial charge in [0.25, 0.3) is 0 Å². The first-order chi connectivity index (χ1) is 26.5. The maximum Gasteiger partial charge on any atom is 0.397 e. The van der Waals surface area contributed by atoms with Crippen molar-refractivity contribution in [2.24, 2.45) is 50.7 Å². The molecule has 0 aromatic heterocycles. The molecule has 2 heterocycles. The molecule has 6 fully saturated rings. The van der Waals surface area contributed by atoms with Crippen LogP contribution in [0.4, 0.5) is 0 Å². The van der Waals surface area contributed by atoms with Crippen LogP contribution in [0, 0.1) is 50.7 Å². The average molecular weight is 829 g/mol. The molecule has 7 aliphatic rings. The molecule has 7 N–H and O–H groups in total. The van der Waals surface area contributed by atoms with E-state index in [1.165, 1.54) is 5.57 Å². The van der Waals surface area contributed by atoms with Gasteiger partial charge in [0.15, 0.2) is 12.4 Å². The molecule has 0 aromatic rings. The molecule has 15 nitrogen and oxygen atoms in total. The van der Waals surface area contributed by atoms with Gasteiger partial charge in [0, 0.05) is 5.92 Å². The lowest BCUT2D eigenvalue weighted by molar-refractivity contribution is -0.304. The second-order valence-corrected chi connectivity index (χ2v) is 20.8. The molecule has 4 saturated carbocycles. The summed E-state index contributed by atoms with van der Waals surface area (Å²) in [4.78, 5) is 14.6. The molecule has 2 aliphatic heterocycles. The molecular formula is C41H64O15S. The summed E-state index contributed by atoms with van der Waals surface area (Å²) in [5.74, 6) is -0.255. The van der Waals surface area contributed by atoms with Crippen LogP contribution in [0.3, 0.4) is 0 Å². The van der Waals surface area contributed by atoms with Gasteiger partial charge in [-0.25, -0.2) is 4.18 Å². The minimum Gasteiger partial charge on any atom is -0.432 e. The highest BCUT2D eigenvalue weighted by atomic mass is 32.3. The van der Waals surface area contributed by atoms with Crippen LogP contribution in [-0.2, 0) is 38.3 Å². The van der Waals surface area contributed by atoms with Crippen molar-refractivity contribution in [3.63, 3.8) is 0 Å². The quantitative estimate of drug-likeness (QED) is 0.0845. The zero-order chi connectivity index (χ0) is 41.8. The van der Waals surface area contributed by atoms with Crippen LogP contribution in [0.25, 0.3) is 0 Å². The van der Waals surface area contributed by atoms with Crippen LogP contribution in [-0.4, -0.2) is 124 Å². The fourth-order valence-electron chi connectivity index (χ4n) is 13.3. The number of ether oxygens (including phenoxy) is 4. The maximum atomic E-state index is 14.6. The highest BCUT2D eigenvalue weighted by Crippen LogP contribution is 2.76. The molecule has 0 amide bonds. The fourth-order valence-corrected chi connectivity index (χ4v) is 13.8. The van der Waals surface area contributed by atoms with E-state index in [2.05, 4.69) is 54.2 Å². The van der Waals surface area contributed by atoms with E-state index in [9.17, 15) is 48.4 Å². The van der Waals surface area contributed by atoms with E-state index in [0.717, 1.165) is 37.7 Å². The fraction of sp³-hybridized carbons (Fsp3) is 0.878. The van der Waals surface area contributed by atoms with Crippen LogP contribution in [0.1, 0.15) is 99.3 Å². The molecule has 0 radical (unpaired) electrons.